The number of carboxylic acid groups (broad SMARTS) is 2. The molecule has 7 N–H and O–H groups in total. The van der Waals surface area contributed by atoms with Crippen LogP contribution in [0.1, 0.15) is 131 Å². The molecule has 0 aromatic heterocycles. The molecule has 0 aromatic carbocycles. The van der Waals surface area contributed by atoms with Gasteiger partial charge in [-0.2, -0.15) is 0 Å². The van der Waals surface area contributed by atoms with Crippen molar-refractivity contribution in [2.24, 2.45) is 57.8 Å². The monoisotopic (exact) mass is 785 g/mol. The summed E-state index contributed by atoms with van der Waals surface area (Å²) in [5, 5.41) is 25.0. The maximum atomic E-state index is 10.2. The normalized spacial score (nSPS) is 38.7. The minimum absolute atomic E-state index is 0. The van der Waals surface area contributed by atoms with E-state index in [0.717, 1.165) is 61.2 Å². The largest absolute Gasteiger partial charge is 2.00 e. The number of hydrogen-bond acceptors (Lipinski definition) is 5. The molecule has 7 nitrogen and oxygen atoms in total. The van der Waals surface area contributed by atoms with Crippen LogP contribution in [0.3, 0.4) is 0 Å². The molecule has 8 heteroatoms. The van der Waals surface area contributed by atoms with E-state index in [4.69, 9.17) is 31.3 Å². The molecule has 0 bridgehead atoms. The van der Waals surface area contributed by atoms with Crippen molar-refractivity contribution in [2.45, 2.75) is 149 Å². The van der Waals surface area contributed by atoms with Gasteiger partial charge in [0, 0.05) is 12.1 Å². The van der Waals surface area contributed by atoms with Crippen molar-refractivity contribution in [3.8, 4) is 0 Å². The Bertz CT molecular complexity index is 921. The predicted octanol–water partition coefficient (Wildman–Crippen LogP) is 6.76. The van der Waals surface area contributed by atoms with Gasteiger partial charge < -0.3 is 26.8 Å². The smallest absolute Gasteiger partial charge is 0.473 e. The molecule has 0 unspecified atom stereocenters. The van der Waals surface area contributed by atoms with Crippen LogP contribution in [0.4, 0.5) is 0 Å². The molecule has 0 aromatic rings. The third-order valence-electron chi connectivity index (χ3n) is 12.3. The quantitative estimate of drug-likeness (QED) is 0.153. The molecule has 4 saturated carbocycles. The summed E-state index contributed by atoms with van der Waals surface area (Å²) in [6.07, 6.45) is 22.0. The Kier molecular flexibility index (Phi) is 14.9. The first-order valence-electron chi connectivity index (χ1n) is 17.1. The molecule has 0 amide bonds. The van der Waals surface area contributed by atoms with Crippen LogP contribution in [-0.2, 0) is 30.7 Å². The number of hydrogen-bond donors (Lipinski definition) is 5. The van der Waals surface area contributed by atoms with Crippen LogP contribution in [-0.4, -0.2) is 45.4 Å². The number of carbonyl (C=O) groups is 2. The van der Waals surface area contributed by atoms with Crippen molar-refractivity contribution in [1.82, 2.24) is 0 Å². The molecule has 0 spiro atoms. The molecule has 0 aliphatic heterocycles. The van der Waals surface area contributed by atoms with E-state index < -0.39 is 11.9 Å². The van der Waals surface area contributed by atoms with E-state index in [0.29, 0.717) is 10.8 Å². The van der Waals surface area contributed by atoms with E-state index in [9.17, 15) is 5.11 Å². The standard InChI is InChI=1S/C27H46O.C6H14N2.C2H2O4.Pt/c1-18(2)7-6-8-19(3)23-11-12-24-22-10-9-20-17-21(28)13-15-26(20,4)25(22)14-16-27(23,24)5;7-5-3-1-2-4-6(5)8;3-1(4)2(5)6;/h9,18-19,21-25,28H,6-8,10-17H2,1-5H3;5-6H,1-4,7-8H2;(H,3,4)(H,5,6);/q;;;+2/t19-,21+,22+,23-,24+,25+,26+,27-;5-,6-;;/m11../s1. The van der Waals surface area contributed by atoms with Gasteiger partial charge in [-0.1, -0.05) is 78.4 Å². The Labute approximate surface area is 275 Å². The maximum Gasteiger partial charge on any atom is 2.00 e. The second-order valence-corrected chi connectivity index (χ2v) is 15.4. The van der Waals surface area contributed by atoms with E-state index in [1.807, 2.05) is 0 Å². The molecule has 5 aliphatic carbocycles. The van der Waals surface area contributed by atoms with Gasteiger partial charge in [-0.3, -0.25) is 0 Å². The second-order valence-electron chi connectivity index (χ2n) is 15.4. The van der Waals surface area contributed by atoms with Crippen molar-refractivity contribution < 1.29 is 46.0 Å². The third-order valence-corrected chi connectivity index (χ3v) is 12.3. The third kappa shape index (κ3) is 9.39. The van der Waals surface area contributed by atoms with Crippen molar-refractivity contribution in [2.75, 3.05) is 0 Å². The number of carboxylic acids is 2. The van der Waals surface area contributed by atoms with Crippen LogP contribution >= 0.6 is 0 Å². The fraction of sp³-hybridized carbons (Fsp3) is 0.886. The van der Waals surface area contributed by atoms with Gasteiger partial charge in [0.05, 0.1) is 6.10 Å². The Morgan fingerprint density at radius 3 is 2.02 bits per heavy atom. The predicted molar refractivity (Wildman–Crippen MR) is 169 cm³/mol. The Morgan fingerprint density at radius 1 is 0.884 bits per heavy atom. The zero-order valence-electron chi connectivity index (χ0n) is 27.5. The minimum Gasteiger partial charge on any atom is -0.473 e. The van der Waals surface area contributed by atoms with E-state index in [2.05, 4.69) is 40.7 Å². The average molecular weight is 786 g/mol. The van der Waals surface area contributed by atoms with Gasteiger partial charge in [0.15, 0.2) is 0 Å². The number of rotatable bonds is 5. The zero-order chi connectivity index (χ0) is 31.2. The van der Waals surface area contributed by atoms with Crippen molar-refractivity contribution in [3.05, 3.63) is 11.6 Å². The molecular weight excluding hydrogens is 723 g/mol. The number of aliphatic hydroxyl groups excluding tert-OH is 1. The van der Waals surface area contributed by atoms with Crippen LogP contribution in [0.25, 0.3) is 0 Å². The van der Waals surface area contributed by atoms with Crippen LogP contribution in [0.5, 0.6) is 0 Å². The summed E-state index contributed by atoms with van der Waals surface area (Å²) in [5.41, 5.74) is 13.9. The fourth-order valence-corrected chi connectivity index (χ4v) is 9.85. The molecule has 0 saturated heterocycles. The fourth-order valence-electron chi connectivity index (χ4n) is 9.85. The van der Waals surface area contributed by atoms with Gasteiger partial charge in [-0.05, 0) is 111 Å². The first kappa shape index (κ1) is 38.4. The number of aliphatic carboxylic acids is 2. The Morgan fingerprint density at radius 2 is 1.49 bits per heavy atom. The molecule has 0 heterocycles. The van der Waals surface area contributed by atoms with Gasteiger partial charge in [-0.15, -0.1) is 0 Å². The van der Waals surface area contributed by atoms with Gasteiger partial charge in [0.25, 0.3) is 0 Å². The Hall–Kier alpha value is -0.752. The zero-order valence-corrected chi connectivity index (χ0v) is 29.8. The average Bonchev–Trinajstić information content (AvgIpc) is 3.28. The Balaban J connectivity index is 0.000000356. The molecule has 5 rings (SSSR count). The number of fused-ring (bicyclic) bond motifs is 5. The van der Waals surface area contributed by atoms with Gasteiger partial charge >= 0.3 is 33.0 Å². The van der Waals surface area contributed by atoms with Crippen LogP contribution < -0.4 is 11.5 Å². The van der Waals surface area contributed by atoms with Crippen LogP contribution in [0.15, 0.2) is 11.6 Å². The van der Waals surface area contributed by atoms with E-state index in [-0.39, 0.29) is 39.3 Å². The summed E-state index contributed by atoms with van der Waals surface area (Å²) < 4.78 is 0. The van der Waals surface area contributed by atoms with Gasteiger partial charge in [0.2, 0.25) is 0 Å². The van der Waals surface area contributed by atoms with Gasteiger partial charge in [-0.25, -0.2) is 9.59 Å². The first-order chi connectivity index (χ1) is 19.7. The van der Waals surface area contributed by atoms with E-state index in [1.54, 1.807) is 5.57 Å². The van der Waals surface area contributed by atoms with E-state index >= 15 is 0 Å². The molecular formula is C35H62N2O5Pt+2. The molecule has 0 radical (unpaired) electrons. The summed E-state index contributed by atoms with van der Waals surface area (Å²) in [5.74, 6) is 1.81. The molecule has 5 aliphatic rings. The van der Waals surface area contributed by atoms with Crippen LogP contribution in [0.2, 0.25) is 0 Å². The SMILES string of the molecule is CC(C)CCC[C@@H](C)[C@H]1CC[C@H]2[C@@H]3CC=C4C[C@@H](O)CC[C@]4(C)[C@H]3CC[C@]12C.N[C@@H]1CCCC[C@H]1N.O=C(O)C(=O)O.[Pt+2]. The summed E-state index contributed by atoms with van der Waals surface area (Å²) in [6.45, 7) is 12.6. The maximum absolute atomic E-state index is 10.2. The summed E-state index contributed by atoms with van der Waals surface area (Å²) in [4.78, 5) is 18.2. The van der Waals surface area contributed by atoms with E-state index in [1.165, 1.54) is 70.6 Å². The number of allylic oxidation sites excluding steroid dienone is 1. The number of nitrogens with two attached hydrogens (primary N) is 2. The van der Waals surface area contributed by atoms with Crippen molar-refractivity contribution in [1.29, 1.82) is 0 Å². The van der Waals surface area contributed by atoms with Crippen molar-refractivity contribution >= 4 is 11.9 Å². The number of aliphatic hydroxyl groups is 1. The summed E-state index contributed by atoms with van der Waals surface area (Å²) >= 11 is 0. The summed E-state index contributed by atoms with van der Waals surface area (Å²) in [6, 6.07) is 0.562. The van der Waals surface area contributed by atoms with Crippen molar-refractivity contribution in [3.63, 3.8) is 0 Å². The van der Waals surface area contributed by atoms with Gasteiger partial charge in [0.1, 0.15) is 0 Å². The second kappa shape index (κ2) is 16.7. The minimum atomic E-state index is -1.82. The first-order valence-corrected chi connectivity index (χ1v) is 17.1. The molecule has 43 heavy (non-hydrogen) atoms. The molecule has 250 valence electrons. The summed E-state index contributed by atoms with van der Waals surface area (Å²) in [7, 11) is 0. The molecule has 4 fully saturated rings. The van der Waals surface area contributed by atoms with Crippen LogP contribution in [0, 0.1) is 46.3 Å². The topological polar surface area (TPSA) is 147 Å². The molecule has 10 atom stereocenters.